The van der Waals surface area contributed by atoms with E-state index >= 15 is 0 Å². The van der Waals surface area contributed by atoms with Crippen LogP contribution in [0.3, 0.4) is 0 Å². The summed E-state index contributed by atoms with van der Waals surface area (Å²) in [7, 11) is 1.39. The van der Waals surface area contributed by atoms with Gasteiger partial charge < -0.3 is 10.1 Å². The van der Waals surface area contributed by atoms with E-state index in [1.54, 1.807) is 12.1 Å². The molecule has 0 bridgehead atoms. The minimum Gasteiger partial charge on any atom is -0.465 e. The van der Waals surface area contributed by atoms with Crippen molar-refractivity contribution in [2.45, 2.75) is 26.3 Å². The maximum atomic E-state index is 11.4. The third kappa shape index (κ3) is 4.09. The van der Waals surface area contributed by atoms with Crippen LogP contribution in [0.25, 0.3) is 0 Å². The van der Waals surface area contributed by atoms with Gasteiger partial charge in [0.1, 0.15) is 0 Å². The van der Waals surface area contributed by atoms with Gasteiger partial charge in [0.15, 0.2) is 0 Å². The molecule has 0 saturated heterocycles. The van der Waals surface area contributed by atoms with Gasteiger partial charge >= 0.3 is 5.97 Å². The molecule has 2 aromatic carbocycles. The molecule has 21 heavy (non-hydrogen) atoms. The Kier molecular flexibility index (Phi) is 4.99. The standard InChI is InChI=1S/C18H21NO2/c1-13(2)15-8-10-17(11-9-15)19-12-14-4-6-16(7-5-14)18(20)21-3/h4-11,13,19H,12H2,1-3H3. The lowest BCUT2D eigenvalue weighted by Gasteiger charge is -2.09. The van der Waals surface area contributed by atoms with Crippen LogP contribution in [0, 0.1) is 0 Å². The average Bonchev–Trinajstić information content (AvgIpc) is 2.53. The minimum atomic E-state index is -0.307. The van der Waals surface area contributed by atoms with Gasteiger partial charge in [-0.3, -0.25) is 0 Å². The SMILES string of the molecule is COC(=O)c1ccc(CNc2ccc(C(C)C)cc2)cc1. The number of nitrogens with one attached hydrogen (secondary N) is 1. The summed E-state index contributed by atoms with van der Waals surface area (Å²) in [4.78, 5) is 11.4. The Labute approximate surface area is 126 Å². The molecule has 3 heteroatoms. The lowest BCUT2D eigenvalue weighted by molar-refractivity contribution is 0.0600. The first-order valence-corrected chi connectivity index (χ1v) is 7.11. The van der Waals surface area contributed by atoms with Crippen LogP contribution in [-0.4, -0.2) is 13.1 Å². The highest BCUT2D eigenvalue weighted by Crippen LogP contribution is 2.17. The highest BCUT2D eigenvalue weighted by Gasteiger charge is 2.04. The van der Waals surface area contributed by atoms with Crippen molar-refractivity contribution < 1.29 is 9.53 Å². The maximum absolute atomic E-state index is 11.4. The van der Waals surface area contributed by atoms with Crippen LogP contribution in [0.5, 0.6) is 0 Å². The molecular formula is C18H21NO2. The van der Waals surface area contributed by atoms with Crippen molar-refractivity contribution in [2.75, 3.05) is 12.4 Å². The van der Waals surface area contributed by atoms with Crippen LogP contribution >= 0.6 is 0 Å². The lowest BCUT2D eigenvalue weighted by Crippen LogP contribution is -2.03. The number of benzene rings is 2. The average molecular weight is 283 g/mol. The Balaban J connectivity index is 1.95. The predicted molar refractivity (Wildman–Crippen MR) is 85.6 cm³/mol. The van der Waals surface area contributed by atoms with E-state index in [0.717, 1.165) is 17.8 Å². The normalized spacial score (nSPS) is 10.5. The van der Waals surface area contributed by atoms with E-state index in [9.17, 15) is 4.79 Å². The van der Waals surface area contributed by atoms with Gasteiger partial charge in [-0.1, -0.05) is 38.1 Å². The van der Waals surface area contributed by atoms with Crippen LogP contribution in [0.15, 0.2) is 48.5 Å². The zero-order valence-corrected chi connectivity index (χ0v) is 12.7. The molecule has 0 aliphatic carbocycles. The number of esters is 1. The number of ether oxygens (including phenoxy) is 1. The number of rotatable bonds is 5. The van der Waals surface area contributed by atoms with Crippen LogP contribution in [0.4, 0.5) is 5.69 Å². The fraction of sp³-hybridized carbons (Fsp3) is 0.278. The third-order valence-electron chi connectivity index (χ3n) is 3.45. The van der Waals surface area contributed by atoms with Gasteiger partial charge in [0.05, 0.1) is 12.7 Å². The van der Waals surface area contributed by atoms with Crippen molar-refractivity contribution >= 4 is 11.7 Å². The molecule has 0 unspecified atom stereocenters. The fourth-order valence-corrected chi connectivity index (χ4v) is 2.07. The topological polar surface area (TPSA) is 38.3 Å². The summed E-state index contributed by atoms with van der Waals surface area (Å²) < 4.78 is 4.68. The second-order valence-electron chi connectivity index (χ2n) is 5.32. The number of anilines is 1. The van der Waals surface area contributed by atoms with Gasteiger partial charge in [0.25, 0.3) is 0 Å². The molecule has 0 radical (unpaired) electrons. The fourth-order valence-electron chi connectivity index (χ4n) is 2.07. The van der Waals surface area contributed by atoms with Gasteiger partial charge in [0, 0.05) is 12.2 Å². The summed E-state index contributed by atoms with van der Waals surface area (Å²) in [6, 6.07) is 15.9. The molecule has 0 saturated carbocycles. The third-order valence-corrected chi connectivity index (χ3v) is 3.45. The van der Waals surface area contributed by atoms with Crippen molar-refractivity contribution in [3.05, 3.63) is 65.2 Å². The van der Waals surface area contributed by atoms with Crippen LogP contribution in [0.1, 0.15) is 41.3 Å². The van der Waals surface area contributed by atoms with Crippen molar-refractivity contribution in [1.82, 2.24) is 0 Å². The van der Waals surface area contributed by atoms with Gasteiger partial charge in [0.2, 0.25) is 0 Å². The highest BCUT2D eigenvalue weighted by molar-refractivity contribution is 5.89. The Morgan fingerprint density at radius 1 is 1.05 bits per heavy atom. The van der Waals surface area contributed by atoms with E-state index in [-0.39, 0.29) is 5.97 Å². The Morgan fingerprint density at radius 2 is 1.67 bits per heavy atom. The van der Waals surface area contributed by atoms with E-state index in [4.69, 9.17) is 0 Å². The van der Waals surface area contributed by atoms with Crippen molar-refractivity contribution in [1.29, 1.82) is 0 Å². The Morgan fingerprint density at radius 3 is 2.19 bits per heavy atom. The molecule has 1 N–H and O–H groups in total. The lowest BCUT2D eigenvalue weighted by atomic mass is 10.0. The largest absolute Gasteiger partial charge is 0.465 e. The predicted octanol–water partition coefficient (Wildman–Crippen LogP) is 4.21. The van der Waals surface area contributed by atoms with E-state index < -0.39 is 0 Å². The molecule has 2 aromatic rings. The first-order chi connectivity index (χ1) is 10.1. The van der Waals surface area contributed by atoms with Gasteiger partial charge in [-0.25, -0.2) is 4.79 Å². The molecule has 0 aromatic heterocycles. The van der Waals surface area contributed by atoms with Gasteiger partial charge in [-0.05, 0) is 41.3 Å². The molecule has 0 heterocycles. The quantitative estimate of drug-likeness (QED) is 0.835. The summed E-state index contributed by atoms with van der Waals surface area (Å²) in [5, 5.41) is 3.37. The van der Waals surface area contributed by atoms with E-state index in [1.807, 2.05) is 12.1 Å². The number of carbonyl (C=O) groups is 1. The monoisotopic (exact) mass is 283 g/mol. The number of hydrogen-bond donors (Lipinski definition) is 1. The molecule has 0 atom stereocenters. The van der Waals surface area contributed by atoms with E-state index in [2.05, 4.69) is 48.2 Å². The second-order valence-corrected chi connectivity index (χ2v) is 5.32. The number of hydrogen-bond acceptors (Lipinski definition) is 3. The first-order valence-electron chi connectivity index (χ1n) is 7.11. The minimum absolute atomic E-state index is 0.307. The van der Waals surface area contributed by atoms with Crippen LogP contribution < -0.4 is 5.32 Å². The summed E-state index contributed by atoms with van der Waals surface area (Å²) in [5.41, 5.74) is 4.12. The van der Waals surface area contributed by atoms with Gasteiger partial charge in [-0.15, -0.1) is 0 Å². The summed E-state index contributed by atoms with van der Waals surface area (Å²) in [6.45, 7) is 5.10. The summed E-state index contributed by atoms with van der Waals surface area (Å²) in [5.74, 6) is 0.240. The summed E-state index contributed by atoms with van der Waals surface area (Å²) >= 11 is 0. The highest BCUT2D eigenvalue weighted by atomic mass is 16.5. The zero-order valence-electron chi connectivity index (χ0n) is 12.7. The molecule has 0 aliphatic heterocycles. The first kappa shape index (κ1) is 15.1. The Bertz CT molecular complexity index is 586. The van der Waals surface area contributed by atoms with Crippen LogP contribution in [-0.2, 0) is 11.3 Å². The molecule has 3 nitrogen and oxygen atoms in total. The van der Waals surface area contributed by atoms with Crippen molar-refractivity contribution in [3.63, 3.8) is 0 Å². The zero-order chi connectivity index (χ0) is 15.2. The maximum Gasteiger partial charge on any atom is 0.337 e. The smallest absolute Gasteiger partial charge is 0.337 e. The van der Waals surface area contributed by atoms with Crippen molar-refractivity contribution in [3.8, 4) is 0 Å². The summed E-state index contributed by atoms with van der Waals surface area (Å²) in [6.07, 6.45) is 0. The van der Waals surface area contributed by atoms with E-state index in [0.29, 0.717) is 11.5 Å². The number of methoxy groups -OCH3 is 1. The van der Waals surface area contributed by atoms with Crippen LogP contribution in [0.2, 0.25) is 0 Å². The Hall–Kier alpha value is -2.29. The van der Waals surface area contributed by atoms with Crippen molar-refractivity contribution in [2.24, 2.45) is 0 Å². The molecule has 0 aliphatic rings. The molecule has 0 amide bonds. The second kappa shape index (κ2) is 6.93. The molecule has 110 valence electrons. The van der Waals surface area contributed by atoms with Gasteiger partial charge in [-0.2, -0.15) is 0 Å². The molecule has 2 rings (SSSR count). The molecule has 0 spiro atoms. The number of carbonyl (C=O) groups excluding carboxylic acids is 1. The molecular weight excluding hydrogens is 262 g/mol. The molecule has 0 fully saturated rings. The van der Waals surface area contributed by atoms with E-state index in [1.165, 1.54) is 12.7 Å².